The van der Waals surface area contributed by atoms with Gasteiger partial charge in [-0.05, 0) is 30.2 Å². The average molecular weight is 314 g/mol. The Morgan fingerprint density at radius 2 is 1.91 bits per heavy atom. The second-order valence-electron chi connectivity index (χ2n) is 5.36. The van der Waals surface area contributed by atoms with E-state index in [1.807, 2.05) is 30.3 Å². The van der Waals surface area contributed by atoms with Crippen LogP contribution in [0.3, 0.4) is 0 Å². The van der Waals surface area contributed by atoms with E-state index in [1.54, 1.807) is 19.1 Å². The SMILES string of the molecule is Cc1cc(OCc2ccccc2)c(C2OCCO2)cc1C(=O)O. The van der Waals surface area contributed by atoms with Gasteiger partial charge in [-0.25, -0.2) is 4.79 Å². The molecule has 5 nitrogen and oxygen atoms in total. The van der Waals surface area contributed by atoms with Gasteiger partial charge in [0.25, 0.3) is 0 Å². The van der Waals surface area contributed by atoms with E-state index >= 15 is 0 Å². The van der Waals surface area contributed by atoms with Gasteiger partial charge in [-0.3, -0.25) is 0 Å². The quantitative estimate of drug-likeness (QED) is 0.917. The van der Waals surface area contributed by atoms with Crippen molar-refractivity contribution in [3.8, 4) is 5.75 Å². The van der Waals surface area contributed by atoms with Crippen LogP contribution in [0.2, 0.25) is 0 Å². The van der Waals surface area contributed by atoms with Crippen molar-refractivity contribution in [1.29, 1.82) is 0 Å². The third-order valence-electron chi connectivity index (χ3n) is 3.70. The molecule has 2 aromatic rings. The Hall–Kier alpha value is -2.37. The summed E-state index contributed by atoms with van der Waals surface area (Å²) in [4.78, 5) is 11.4. The molecule has 3 rings (SSSR count). The van der Waals surface area contributed by atoms with Crippen molar-refractivity contribution >= 4 is 5.97 Å². The molecule has 0 atom stereocenters. The number of rotatable bonds is 5. The van der Waals surface area contributed by atoms with E-state index in [2.05, 4.69) is 0 Å². The highest BCUT2D eigenvalue weighted by Gasteiger charge is 2.25. The first kappa shape index (κ1) is 15.5. The van der Waals surface area contributed by atoms with Crippen molar-refractivity contribution in [3.05, 3.63) is 64.7 Å². The smallest absolute Gasteiger partial charge is 0.335 e. The molecule has 0 aliphatic carbocycles. The summed E-state index contributed by atoms with van der Waals surface area (Å²) in [6.07, 6.45) is -0.584. The highest BCUT2D eigenvalue weighted by molar-refractivity contribution is 5.90. The van der Waals surface area contributed by atoms with Crippen LogP contribution in [0.1, 0.15) is 33.3 Å². The van der Waals surface area contributed by atoms with Crippen molar-refractivity contribution in [2.24, 2.45) is 0 Å². The number of hydrogen-bond acceptors (Lipinski definition) is 4. The molecule has 0 saturated carbocycles. The van der Waals surface area contributed by atoms with Gasteiger partial charge in [-0.2, -0.15) is 0 Å². The van der Waals surface area contributed by atoms with Crippen LogP contribution in [0.15, 0.2) is 42.5 Å². The zero-order chi connectivity index (χ0) is 16.2. The summed E-state index contributed by atoms with van der Waals surface area (Å²) in [6, 6.07) is 13.1. The summed E-state index contributed by atoms with van der Waals surface area (Å²) in [5, 5.41) is 9.31. The Morgan fingerprint density at radius 3 is 2.57 bits per heavy atom. The lowest BCUT2D eigenvalue weighted by Crippen LogP contribution is -2.08. The number of ether oxygens (including phenoxy) is 3. The normalized spacial score (nSPS) is 14.8. The minimum absolute atomic E-state index is 0.228. The van der Waals surface area contributed by atoms with E-state index in [-0.39, 0.29) is 5.56 Å². The highest BCUT2D eigenvalue weighted by Crippen LogP contribution is 2.34. The molecule has 1 N–H and O–H groups in total. The van der Waals surface area contributed by atoms with Crippen LogP contribution in [0.25, 0.3) is 0 Å². The zero-order valence-electron chi connectivity index (χ0n) is 12.8. The van der Waals surface area contributed by atoms with Crippen LogP contribution in [0, 0.1) is 6.92 Å². The largest absolute Gasteiger partial charge is 0.488 e. The first-order valence-corrected chi connectivity index (χ1v) is 7.43. The van der Waals surface area contributed by atoms with E-state index in [4.69, 9.17) is 14.2 Å². The highest BCUT2D eigenvalue weighted by atomic mass is 16.7. The summed E-state index contributed by atoms with van der Waals surface area (Å²) < 4.78 is 16.9. The topological polar surface area (TPSA) is 65.0 Å². The Kier molecular flexibility index (Phi) is 4.60. The fourth-order valence-corrected chi connectivity index (χ4v) is 2.51. The molecule has 1 aliphatic rings. The first-order chi connectivity index (χ1) is 11.1. The molecule has 0 spiro atoms. The van der Waals surface area contributed by atoms with Gasteiger partial charge in [0, 0.05) is 0 Å². The maximum Gasteiger partial charge on any atom is 0.335 e. The van der Waals surface area contributed by atoms with E-state index in [0.717, 1.165) is 5.56 Å². The van der Waals surface area contributed by atoms with Gasteiger partial charge in [-0.1, -0.05) is 30.3 Å². The standard InChI is InChI=1S/C18H18O5/c1-12-9-16(23-11-13-5-3-2-4-6-13)15(10-14(12)17(19)20)18-21-7-8-22-18/h2-6,9-10,18H,7-8,11H2,1H3,(H,19,20). The van der Waals surface area contributed by atoms with Crippen LogP contribution in [-0.2, 0) is 16.1 Å². The average Bonchev–Trinajstić information content (AvgIpc) is 3.08. The van der Waals surface area contributed by atoms with Crippen molar-refractivity contribution in [2.75, 3.05) is 13.2 Å². The maximum absolute atomic E-state index is 11.4. The summed E-state index contributed by atoms with van der Waals surface area (Å²) in [6.45, 7) is 3.11. The number of carboxylic acids is 1. The fourth-order valence-electron chi connectivity index (χ4n) is 2.51. The molecule has 5 heteroatoms. The molecule has 120 valence electrons. The molecular formula is C18H18O5. The monoisotopic (exact) mass is 314 g/mol. The number of benzene rings is 2. The number of hydrogen-bond donors (Lipinski definition) is 1. The summed E-state index contributed by atoms with van der Waals surface area (Å²) >= 11 is 0. The molecule has 0 radical (unpaired) electrons. The van der Waals surface area contributed by atoms with Gasteiger partial charge in [0.1, 0.15) is 12.4 Å². The van der Waals surface area contributed by atoms with E-state index < -0.39 is 12.3 Å². The van der Waals surface area contributed by atoms with E-state index in [9.17, 15) is 9.90 Å². The number of aromatic carboxylic acids is 1. The zero-order valence-corrected chi connectivity index (χ0v) is 12.8. The third-order valence-corrected chi connectivity index (χ3v) is 3.70. The van der Waals surface area contributed by atoms with Crippen LogP contribution < -0.4 is 4.74 Å². The molecule has 0 bridgehead atoms. The second-order valence-corrected chi connectivity index (χ2v) is 5.36. The van der Waals surface area contributed by atoms with Gasteiger partial charge >= 0.3 is 5.97 Å². The summed E-state index contributed by atoms with van der Waals surface area (Å²) in [7, 11) is 0. The minimum Gasteiger partial charge on any atom is -0.488 e. The molecule has 0 amide bonds. The second kappa shape index (κ2) is 6.81. The van der Waals surface area contributed by atoms with Crippen LogP contribution in [0.4, 0.5) is 0 Å². The van der Waals surface area contributed by atoms with Crippen LogP contribution in [-0.4, -0.2) is 24.3 Å². The van der Waals surface area contributed by atoms with Crippen LogP contribution in [0.5, 0.6) is 5.75 Å². The summed E-state index contributed by atoms with van der Waals surface area (Å²) in [5.41, 5.74) is 2.52. The van der Waals surface area contributed by atoms with Crippen molar-refractivity contribution in [3.63, 3.8) is 0 Å². The van der Waals surface area contributed by atoms with Gasteiger partial charge in [0.15, 0.2) is 6.29 Å². The number of carbonyl (C=O) groups is 1. The van der Waals surface area contributed by atoms with Gasteiger partial charge in [0.2, 0.25) is 0 Å². The molecule has 0 unspecified atom stereocenters. The lowest BCUT2D eigenvalue weighted by Gasteiger charge is -2.17. The van der Waals surface area contributed by atoms with Gasteiger partial charge < -0.3 is 19.3 Å². The first-order valence-electron chi connectivity index (χ1n) is 7.43. The molecule has 1 aliphatic heterocycles. The Balaban J connectivity index is 1.90. The molecule has 1 fully saturated rings. The lowest BCUT2D eigenvalue weighted by atomic mass is 10.0. The maximum atomic E-state index is 11.4. The molecular weight excluding hydrogens is 296 g/mol. The molecule has 23 heavy (non-hydrogen) atoms. The molecule has 1 heterocycles. The lowest BCUT2D eigenvalue weighted by molar-refractivity contribution is -0.0459. The number of aryl methyl sites for hydroxylation is 1. The van der Waals surface area contributed by atoms with Gasteiger partial charge in [0.05, 0.1) is 24.3 Å². The fraction of sp³-hybridized carbons (Fsp3) is 0.278. The summed E-state index contributed by atoms with van der Waals surface area (Å²) in [5.74, 6) is -0.389. The molecule has 1 saturated heterocycles. The Morgan fingerprint density at radius 1 is 1.22 bits per heavy atom. The van der Waals surface area contributed by atoms with Gasteiger partial charge in [-0.15, -0.1) is 0 Å². The third kappa shape index (κ3) is 3.52. The minimum atomic E-state index is -0.976. The van der Waals surface area contributed by atoms with Crippen LogP contribution >= 0.6 is 0 Å². The molecule has 0 aromatic heterocycles. The van der Waals surface area contributed by atoms with E-state index in [0.29, 0.717) is 36.7 Å². The predicted octanol–water partition coefficient (Wildman–Crippen LogP) is 3.32. The van der Waals surface area contributed by atoms with Crippen molar-refractivity contribution in [1.82, 2.24) is 0 Å². The van der Waals surface area contributed by atoms with E-state index in [1.165, 1.54) is 0 Å². The molecule has 2 aromatic carbocycles. The Labute approximate surface area is 134 Å². The Bertz CT molecular complexity index is 690. The van der Waals surface area contributed by atoms with Crippen molar-refractivity contribution in [2.45, 2.75) is 19.8 Å². The predicted molar refractivity (Wildman–Crippen MR) is 83.6 cm³/mol. The van der Waals surface area contributed by atoms with Crippen molar-refractivity contribution < 1.29 is 24.1 Å². The number of carboxylic acid groups (broad SMARTS) is 1.